The molecule has 2 radical (unpaired) electrons. The molecule has 0 aromatic heterocycles. The highest BCUT2D eigenvalue weighted by atomic mass is 79.9. The van der Waals surface area contributed by atoms with E-state index in [1.165, 1.54) is 0 Å². The molecular formula is C9H6Br2O2. The molecule has 0 bridgehead atoms. The third-order valence-corrected chi connectivity index (χ3v) is 3.33. The number of ether oxygens (including phenoxy) is 2. The molecular weight excluding hydrogens is 300 g/mol. The smallest absolute Gasteiger partial charge is 0.129 e. The normalized spacial score (nSPS) is 20.0. The molecule has 1 atom stereocenters. The third-order valence-electron chi connectivity index (χ3n) is 1.58. The summed E-state index contributed by atoms with van der Waals surface area (Å²) in [5, 5.41) is 0. The number of hydrogen-bond acceptors (Lipinski definition) is 2. The molecule has 68 valence electrons. The molecule has 1 unspecified atom stereocenters. The van der Waals surface area contributed by atoms with Crippen molar-refractivity contribution in [2.45, 2.75) is 6.10 Å². The lowest BCUT2D eigenvalue weighted by atomic mass is 10.3. The fourth-order valence-electron chi connectivity index (χ4n) is 0.816. The van der Waals surface area contributed by atoms with Crippen molar-refractivity contribution in [3.8, 4) is 5.75 Å². The van der Waals surface area contributed by atoms with Gasteiger partial charge in [-0.15, -0.1) is 0 Å². The highest BCUT2D eigenvalue weighted by Crippen LogP contribution is 2.26. The average Bonchev–Trinajstić information content (AvgIpc) is 2.91. The van der Waals surface area contributed by atoms with Gasteiger partial charge in [0.05, 0.1) is 6.61 Å². The van der Waals surface area contributed by atoms with Gasteiger partial charge in [-0.1, -0.05) is 0 Å². The first-order chi connectivity index (χ1) is 6.25. The van der Waals surface area contributed by atoms with Crippen molar-refractivity contribution in [2.24, 2.45) is 0 Å². The Labute approximate surface area is 93.5 Å². The molecule has 0 aliphatic carbocycles. The Bertz CT molecular complexity index is 310. The van der Waals surface area contributed by atoms with E-state index in [-0.39, 0.29) is 6.10 Å². The second-order valence-electron chi connectivity index (χ2n) is 2.67. The molecule has 2 rings (SSSR count). The predicted molar refractivity (Wildman–Crippen MR) is 54.7 cm³/mol. The fourth-order valence-corrected chi connectivity index (χ4v) is 1.34. The minimum atomic E-state index is 0.274. The van der Waals surface area contributed by atoms with E-state index in [4.69, 9.17) is 9.47 Å². The van der Waals surface area contributed by atoms with E-state index in [0.717, 1.165) is 15.6 Å². The van der Waals surface area contributed by atoms with Crippen LogP contribution in [0.4, 0.5) is 0 Å². The number of hydrogen-bond donors (Lipinski definition) is 0. The molecule has 1 saturated heterocycles. The lowest BCUT2D eigenvalue weighted by molar-refractivity contribution is 0.262. The van der Waals surface area contributed by atoms with Crippen LogP contribution in [0.2, 0.25) is 0 Å². The zero-order valence-corrected chi connectivity index (χ0v) is 9.81. The molecule has 1 aliphatic rings. The summed E-state index contributed by atoms with van der Waals surface area (Å²) in [6.45, 7) is 1.40. The summed E-state index contributed by atoms with van der Waals surface area (Å²) in [7, 11) is 0. The maximum atomic E-state index is 5.40. The monoisotopic (exact) mass is 304 g/mol. The second-order valence-corrected chi connectivity index (χ2v) is 4.26. The van der Waals surface area contributed by atoms with Crippen molar-refractivity contribution in [1.29, 1.82) is 0 Å². The quantitative estimate of drug-likeness (QED) is 0.801. The SMILES string of the molecule is Brc1[c]cc(OCC2CO2)[c]c1Br. The maximum Gasteiger partial charge on any atom is 0.129 e. The summed E-state index contributed by atoms with van der Waals surface area (Å²) in [5.74, 6) is 0.686. The Morgan fingerprint density at radius 3 is 2.92 bits per heavy atom. The van der Waals surface area contributed by atoms with Gasteiger partial charge in [0.1, 0.15) is 18.5 Å². The topological polar surface area (TPSA) is 21.8 Å². The summed E-state index contributed by atoms with van der Waals surface area (Å²) in [5.41, 5.74) is 0. The van der Waals surface area contributed by atoms with Gasteiger partial charge in [-0.2, -0.15) is 0 Å². The number of rotatable bonds is 3. The van der Waals surface area contributed by atoms with Gasteiger partial charge in [0, 0.05) is 21.1 Å². The lowest BCUT2D eigenvalue weighted by Crippen LogP contribution is -2.03. The largest absolute Gasteiger partial charge is 0.490 e. The van der Waals surface area contributed by atoms with Crippen LogP contribution < -0.4 is 4.74 Å². The van der Waals surface area contributed by atoms with Gasteiger partial charge in [-0.3, -0.25) is 0 Å². The zero-order chi connectivity index (χ0) is 9.26. The highest BCUT2D eigenvalue weighted by molar-refractivity contribution is 9.13. The van der Waals surface area contributed by atoms with Gasteiger partial charge in [0.25, 0.3) is 0 Å². The molecule has 13 heavy (non-hydrogen) atoms. The van der Waals surface area contributed by atoms with Gasteiger partial charge in [0.2, 0.25) is 0 Å². The van der Waals surface area contributed by atoms with Crippen molar-refractivity contribution in [2.75, 3.05) is 13.2 Å². The van der Waals surface area contributed by atoms with E-state index in [0.29, 0.717) is 12.4 Å². The Balaban J connectivity index is 1.98. The van der Waals surface area contributed by atoms with Crippen molar-refractivity contribution in [1.82, 2.24) is 0 Å². The molecule has 0 saturated carbocycles. The minimum absolute atomic E-state index is 0.274. The number of halogens is 2. The molecule has 4 heteroatoms. The Morgan fingerprint density at radius 2 is 2.31 bits per heavy atom. The highest BCUT2D eigenvalue weighted by Gasteiger charge is 2.23. The Kier molecular flexibility index (Phi) is 2.91. The van der Waals surface area contributed by atoms with Crippen molar-refractivity contribution in [3.05, 3.63) is 27.1 Å². The molecule has 2 nitrogen and oxygen atoms in total. The first kappa shape index (κ1) is 9.49. The van der Waals surface area contributed by atoms with E-state index in [2.05, 4.69) is 44.0 Å². The summed E-state index contributed by atoms with van der Waals surface area (Å²) in [6, 6.07) is 7.75. The van der Waals surface area contributed by atoms with Crippen LogP contribution in [-0.4, -0.2) is 19.3 Å². The second kappa shape index (κ2) is 3.98. The van der Waals surface area contributed by atoms with Gasteiger partial charge in [0.15, 0.2) is 0 Å². The first-order valence-corrected chi connectivity index (χ1v) is 5.37. The maximum absolute atomic E-state index is 5.40. The van der Waals surface area contributed by atoms with E-state index >= 15 is 0 Å². The standard InChI is InChI=1S/C9H6Br2O2/c10-8-2-1-6(3-9(8)11)12-4-7-5-13-7/h1,7H,4-5H2. The molecule has 1 aromatic carbocycles. The van der Waals surface area contributed by atoms with Gasteiger partial charge < -0.3 is 9.47 Å². The molecule has 1 fully saturated rings. The lowest BCUT2D eigenvalue weighted by Gasteiger charge is -2.03. The Morgan fingerprint density at radius 1 is 1.54 bits per heavy atom. The van der Waals surface area contributed by atoms with Crippen LogP contribution in [0.1, 0.15) is 0 Å². The fraction of sp³-hybridized carbons (Fsp3) is 0.333. The van der Waals surface area contributed by atoms with E-state index in [1.54, 1.807) is 6.07 Å². The van der Waals surface area contributed by atoms with Gasteiger partial charge in [-0.05, 0) is 37.9 Å². The van der Waals surface area contributed by atoms with E-state index in [9.17, 15) is 0 Å². The molecule has 1 heterocycles. The summed E-state index contributed by atoms with van der Waals surface area (Å²) in [4.78, 5) is 0. The summed E-state index contributed by atoms with van der Waals surface area (Å²) in [6.07, 6.45) is 0.274. The Hall–Kier alpha value is -0.0600. The van der Waals surface area contributed by atoms with Crippen LogP contribution in [0.3, 0.4) is 0 Å². The zero-order valence-electron chi connectivity index (χ0n) is 6.64. The molecule has 1 aliphatic heterocycles. The van der Waals surface area contributed by atoms with Crippen molar-refractivity contribution < 1.29 is 9.47 Å². The van der Waals surface area contributed by atoms with Crippen LogP contribution in [0.15, 0.2) is 15.0 Å². The average molecular weight is 306 g/mol. The van der Waals surface area contributed by atoms with Gasteiger partial charge >= 0.3 is 0 Å². The first-order valence-electron chi connectivity index (χ1n) is 3.79. The van der Waals surface area contributed by atoms with Crippen LogP contribution in [-0.2, 0) is 4.74 Å². The van der Waals surface area contributed by atoms with Crippen molar-refractivity contribution >= 4 is 31.9 Å². The summed E-state index contributed by atoms with van der Waals surface area (Å²) < 4.78 is 12.1. The molecule has 1 aromatic rings. The molecule has 0 spiro atoms. The number of epoxide rings is 1. The minimum Gasteiger partial charge on any atom is -0.490 e. The van der Waals surface area contributed by atoms with Crippen LogP contribution >= 0.6 is 31.9 Å². The van der Waals surface area contributed by atoms with Crippen LogP contribution in [0, 0.1) is 12.1 Å². The van der Waals surface area contributed by atoms with E-state index < -0.39 is 0 Å². The molecule has 0 N–H and O–H groups in total. The summed E-state index contributed by atoms with van der Waals surface area (Å²) >= 11 is 6.63. The van der Waals surface area contributed by atoms with Crippen LogP contribution in [0.25, 0.3) is 0 Å². The van der Waals surface area contributed by atoms with E-state index in [1.807, 2.05) is 0 Å². The predicted octanol–water partition coefficient (Wildman–Crippen LogP) is 2.59. The van der Waals surface area contributed by atoms with Crippen LogP contribution in [0.5, 0.6) is 5.75 Å². The molecule has 0 amide bonds. The van der Waals surface area contributed by atoms with Gasteiger partial charge in [-0.25, -0.2) is 0 Å². The third kappa shape index (κ3) is 2.69. The number of benzene rings is 1. The van der Waals surface area contributed by atoms with Crippen molar-refractivity contribution in [3.63, 3.8) is 0 Å².